The highest BCUT2D eigenvalue weighted by Crippen LogP contribution is 2.20. The van der Waals surface area contributed by atoms with Gasteiger partial charge in [-0.1, -0.05) is 25.5 Å². The van der Waals surface area contributed by atoms with Crippen LogP contribution >= 0.6 is 0 Å². The average Bonchev–Trinajstić information content (AvgIpc) is 2.40. The molecule has 3 heteroatoms. The lowest BCUT2D eigenvalue weighted by molar-refractivity contribution is 0.624. The molecule has 0 unspecified atom stereocenters. The number of pyridine rings is 1. The summed E-state index contributed by atoms with van der Waals surface area (Å²) in [5.74, 6) is -0.505. The molecule has 2 aromatic rings. The standard InChI is InChI=1S/C15H13FN2/c1-2-3-11-4-7-15(18-10-11)12-5-6-13(9-17)14(16)8-12/h4-8,10H,2-3H2,1H3. The number of nitrogens with zero attached hydrogens (tertiary/aromatic N) is 2. The topological polar surface area (TPSA) is 36.7 Å². The minimum Gasteiger partial charge on any atom is -0.256 e. The van der Waals surface area contributed by atoms with Crippen molar-refractivity contribution >= 4 is 0 Å². The smallest absolute Gasteiger partial charge is 0.141 e. The molecule has 1 aromatic carbocycles. The van der Waals surface area contributed by atoms with Crippen molar-refractivity contribution in [3.8, 4) is 17.3 Å². The van der Waals surface area contributed by atoms with Crippen LogP contribution in [0.3, 0.4) is 0 Å². The summed E-state index contributed by atoms with van der Waals surface area (Å²) in [6.07, 6.45) is 3.89. The predicted molar refractivity (Wildman–Crippen MR) is 68.3 cm³/mol. The molecule has 0 N–H and O–H groups in total. The summed E-state index contributed by atoms with van der Waals surface area (Å²) in [6, 6.07) is 10.2. The van der Waals surface area contributed by atoms with Gasteiger partial charge in [0.25, 0.3) is 0 Å². The molecule has 0 atom stereocenters. The van der Waals surface area contributed by atoms with Gasteiger partial charge in [-0.15, -0.1) is 0 Å². The van der Waals surface area contributed by atoms with Crippen molar-refractivity contribution in [3.05, 3.63) is 53.5 Å². The van der Waals surface area contributed by atoms with Gasteiger partial charge in [0.2, 0.25) is 0 Å². The summed E-state index contributed by atoms with van der Waals surface area (Å²) >= 11 is 0. The second-order valence-electron chi connectivity index (χ2n) is 4.11. The Morgan fingerprint density at radius 1 is 1.28 bits per heavy atom. The molecule has 0 aliphatic rings. The molecule has 2 rings (SSSR count). The Morgan fingerprint density at radius 2 is 2.11 bits per heavy atom. The first-order chi connectivity index (χ1) is 8.74. The molecule has 90 valence electrons. The van der Waals surface area contributed by atoms with Crippen LogP contribution in [-0.2, 0) is 6.42 Å². The number of halogens is 1. The lowest BCUT2D eigenvalue weighted by Crippen LogP contribution is -1.90. The van der Waals surface area contributed by atoms with Gasteiger partial charge in [-0.05, 0) is 30.2 Å². The van der Waals surface area contributed by atoms with Crippen LogP contribution < -0.4 is 0 Å². The Labute approximate surface area is 106 Å². The zero-order valence-corrected chi connectivity index (χ0v) is 10.2. The number of nitriles is 1. The maximum Gasteiger partial charge on any atom is 0.141 e. The highest BCUT2D eigenvalue weighted by Gasteiger charge is 2.05. The average molecular weight is 240 g/mol. The Hall–Kier alpha value is -2.21. The van der Waals surface area contributed by atoms with Crippen LogP contribution in [-0.4, -0.2) is 4.98 Å². The van der Waals surface area contributed by atoms with Crippen LogP contribution in [0.15, 0.2) is 36.5 Å². The van der Waals surface area contributed by atoms with Crippen LogP contribution in [0.5, 0.6) is 0 Å². The zero-order valence-electron chi connectivity index (χ0n) is 10.2. The summed E-state index contributed by atoms with van der Waals surface area (Å²) in [4.78, 5) is 4.31. The normalized spacial score (nSPS) is 10.1. The van der Waals surface area contributed by atoms with E-state index >= 15 is 0 Å². The van der Waals surface area contributed by atoms with Crippen LogP contribution in [0, 0.1) is 17.1 Å². The van der Waals surface area contributed by atoms with Crippen molar-refractivity contribution in [1.82, 2.24) is 4.98 Å². The highest BCUT2D eigenvalue weighted by atomic mass is 19.1. The monoisotopic (exact) mass is 240 g/mol. The van der Waals surface area contributed by atoms with E-state index in [0.29, 0.717) is 5.56 Å². The lowest BCUT2D eigenvalue weighted by atomic mass is 10.1. The van der Waals surface area contributed by atoms with Crippen molar-refractivity contribution in [3.63, 3.8) is 0 Å². The lowest BCUT2D eigenvalue weighted by Gasteiger charge is -2.03. The van der Waals surface area contributed by atoms with E-state index in [1.54, 1.807) is 12.1 Å². The Bertz CT molecular complexity index is 582. The van der Waals surface area contributed by atoms with Gasteiger partial charge in [0.05, 0.1) is 11.3 Å². The molecule has 1 heterocycles. The fourth-order valence-corrected chi connectivity index (χ4v) is 1.80. The van der Waals surface area contributed by atoms with E-state index in [-0.39, 0.29) is 5.56 Å². The molecule has 0 aliphatic carbocycles. The molecule has 1 aromatic heterocycles. The molecular formula is C15H13FN2. The van der Waals surface area contributed by atoms with Crippen molar-refractivity contribution in [2.75, 3.05) is 0 Å². The third-order valence-electron chi connectivity index (χ3n) is 2.75. The number of benzene rings is 1. The summed E-state index contributed by atoms with van der Waals surface area (Å²) in [7, 11) is 0. The maximum atomic E-state index is 13.5. The van der Waals surface area contributed by atoms with Crippen LogP contribution in [0.2, 0.25) is 0 Å². The summed E-state index contributed by atoms with van der Waals surface area (Å²) < 4.78 is 13.5. The third kappa shape index (κ3) is 2.54. The van der Waals surface area contributed by atoms with E-state index in [0.717, 1.165) is 18.5 Å². The molecular weight excluding hydrogens is 227 g/mol. The Balaban J connectivity index is 2.31. The first-order valence-corrected chi connectivity index (χ1v) is 5.89. The summed E-state index contributed by atoms with van der Waals surface area (Å²) in [5.41, 5.74) is 2.64. The van der Waals surface area contributed by atoms with Crippen LogP contribution in [0.25, 0.3) is 11.3 Å². The fourth-order valence-electron chi connectivity index (χ4n) is 1.80. The van der Waals surface area contributed by atoms with Gasteiger partial charge in [0.15, 0.2) is 0 Å². The second kappa shape index (κ2) is 5.42. The van der Waals surface area contributed by atoms with E-state index in [4.69, 9.17) is 5.26 Å². The SMILES string of the molecule is CCCc1ccc(-c2ccc(C#N)c(F)c2)nc1. The van der Waals surface area contributed by atoms with Gasteiger partial charge in [-0.3, -0.25) is 4.98 Å². The van der Waals surface area contributed by atoms with Gasteiger partial charge in [0, 0.05) is 11.8 Å². The molecule has 0 amide bonds. The molecule has 0 radical (unpaired) electrons. The minimum atomic E-state index is -0.505. The van der Waals surface area contributed by atoms with Gasteiger partial charge < -0.3 is 0 Å². The Morgan fingerprint density at radius 3 is 2.67 bits per heavy atom. The van der Waals surface area contributed by atoms with E-state index in [9.17, 15) is 4.39 Å². The number of hydrogen-bond donors (Lipinski definition) is 0. The second-order valence-corrected chi connectivity index (χ2v) is 4.11. The molecule has 0 spiro atoms. The molecule has 18 heavy (non-hydrogen) atoms. The van der Waals surface area contributed by atoms with Crippen molar-refractivity contribution < 1.29 is 4.39 Å². The van der Waals surface area contributed by atoms with Crippen LogP contribution in [0.1, 0.15) is 24.5 Å². The van der Waals surface area contributed by atoms with Gasteiger partial charge in [-0.25, -0.2) is 4.39 Å². The predicted octanol–water partition coefficient (Wildman–Crippen LogP) is 3.71. The molecule has 0 fully saturated rings. The largest absolute Gasteiger partial charge is 0.256 e. The molecule has 0 saturated heterocycles. The van der Waals surface area contributed by atoms with Crippen molar-refractivity contribution in [1.29, 1.82) is 5.26 Å². The fraction of sp³-hybridized carbons (Fsp3) is 0.200. The molecule has 0 bridgehead atoms. The van der Waals surface area contributed by atoms with E-state index in [2.05, 4.69) is 11.9 Å². The minimum absolute atomic E-state index is 0.0568. The van der Waals surface area contributed by atoms with Crippen LogP contribution in [0.4, 0.5) is 4.39 Å². The van der Waals surface area contributed by atoms with Gasteiger partial charge >= 0.3 is 0 Å². The first-order valence-electron chi connectivity index (χ1n) is 5.89. The number of rotatable bonds is 3. The highest BCUT2D eigenvalue weighted by molar-refractivity contribution is 5.60. The number of aryl methyl sites for hydroxylation is 1. The van der Waals surface area contributed by atoms with Crippen molar-refractivity contribution in [2.24, 2.45) is 0 Å². The summed E-state index contributed by atoms with van der Waals surface area (Å²) in [6.45, 7) is 2.11. The van der Waals surface area contributed by atoms with Gasteiger partial charge in [0.1, 0.15) is 11.9 Å². The first kappa shape index (κ1) is 12.3. The van der Waals surface area contributed by atoms with Crippen molar-refractivity contribution in [2.45, 2.75) is 19.8 Å². The van der Waals surface area contributed by atoms with E-state index in [1.165, 1.54) is 17.7 Å². The van der Waals surface area contributed by atoms with E-state index in [1.807, 2.05) is 18.3 Å². The Kier molecular flexibility index (Phi) is 3.69. The number of aromatic nitrogens is 1. The molecule has 0 saturated carbocycles. The number of hydrogen-bond acceptors (Lipinski definition) is 2. The van der Waals surface area contributed by atoms with Gasteiger partial charge in [-0.2, -0.15) is 5.26 Å². The van der Waals surface area contributed by atoms with E-state index < -0.39 is 5.82 Å². The third-order valence-corrected chi connectivity index (χ3v) is 2.75. The maximum absolute atomic E-state index is 13.5. The zero-order chi connectivity index (χ0) is 13.0. The molecule has 2 nitrogen and oxygen atoms in total. The quantitative estimate of drug-likeness (QED) is 0.820. The molecule has 0 aliphatic heterocycles. The summed E-state index contributed by atoms with van der Waals surface area (Å²) in [5, 5.41) is 8.67.